The van der Waals surface area contributed by atoms with E-state index in [0.717, 1.165) is 5.75 Å². The quantitative estimate of drug-likeness (QED) is 0.656. The minimum atomic E-state index is -0.490. The van der Waals surface area contributed by atoms with E-state index in [2.05, 4.69) is 11.9 Å². The van der Waals surface area contributed by atoms with Gasteiger partial charge in [0.2, 0.25) is 5.91 Å². The van der Waals surface area contributed by atoms with Crippen LogP contribution in [0.2, 0.25) is 0 Å². The van der Waals surface area contributed by atoms with Crippen LogP contribution in [0, 0.1) is 0 Å². The molecule has 0 saturated carbocycles. The average molecular weight is 322 g/mol. The maximum atomic E-state index is 12.4. The number of amides is 2. The molecule has 1 aliphatic heterocycles. The number of carbonyl (C=O) groups is 2. The van der Waals surface area contributed by atoms with Crippen LogP contribution in [0.25, 0.3) is 0 Å². The second-order valence-corrected chi connectivity index (χ2v) is 5.43. The van der Waals surface area contributed by atoms with Crippen LogP contribution in [-0.2, 0) is 9.59 Å². The highest BCUT2D eigenvalue weighted by Crippen LogP contribution is 2.27. The summed E-state index contributed by atoms with van der Waals surface area (Å²) in [5.74, 6) is 0.925. The minimum Gasteiger partial charge on any atom is -0.457 e. The maximum absolute atomic E-state index is 12.4. The van der Waals surface area contributed by atoms with Gasteiger partial charge < -0.3 is 10.1 Å². The molecule has 1 fully saturated rings. The Morgan fingerprint density at radius 3 is 2.42 bits per heavy atom. The molecule has 0 aliphatic carbocycles. The van der Waals surface area contributed by atoms with Crippen LogP contribution in [0.4, 0.5) is 5.69 Å². The molecule has 5 nitrogen and oxygen atoms in total. The van der Waals surface area contributed by atoms with Crippen molar-refractivity contribution in [3.8, 4) is 11.5 Å². The topological polar surface area (TPSA) is 58.6 Å². The second kappa shape index (κ2) is 7.10. The summed E-state index contributed by atoms with van der Waals surface area (Å²) >= 11 is 0. The Labute approximate surface area is 140 Å². The van der Waals surface area contributed by atoms with Crippen molar-refractivity contribution in [1.29, 1.82) is 0 Å². The standard InChI is InChI=1S/C19H18N2O3/c1-2-12-20-17-13-18(22)21(19(17)23)14-8-10-16(11-9-14)24-15-6-4-3-5-7-15/h2-11,17,20H,1,12-13H2/t17-/m1/s1. The number of rotatable bonds is 6. The Morgan fingerprint density at radius 1 is 1.08 bits per heavy atom. The van der Waals surface area contributed by atoms with E-state index in [1.807, 2.05) is 30.3 Å². The summed E-state index contributed by atoms with van der Waals surface area (Å²) in [7, 11) is 0. The molecule has 122 valence electrons. The molecule has 1 N–H and O–H groups in total. The zero-order chi connectivity index (χ0) is 16.9. The van der Waals surface area contributed by atoms with Crippen LogP contribution < -0.4 is 15.0 Å². The fourth-order valence-corrected chi connectivity index (χ4v) is 2.58. The first-order valence-corrected chi connectivity index (χ1v) is 7.73. The van der Waals surface area contributed by atoms with Crippen LogP contribution in [0.3, 0.4) is 0 Å². The summed E-state index contributed by atoms with van der Waals surface area (Å²) in [4.78, 5) is 25.7. The highest BCUT2D eigenvalue weighted by atomic mass is 16.5. The summed E-state index contributed by atoms with van der Waals surface area (Å²) in [6.07, 6.45) is 1.82. The Balaban J connectivity index is 1.72. The Hall–Kier alpha value is -2.92. The van der Waals surface area contributed by atoms with Gasteiger partial charge in [0.25, 0.3) is 5.91 Å². The third kappa shape index (κ3) is 3.36. The third-order valence-electron chi connectivity index (χ3n) is 3.73. The van der Waals surface area contributed by atoms with Crippen molar-refractivity contribution in [2.24, 2.45) is 0 Å². The molecule has 0 unspecified atom stereocenters. The zero-order valence-electron chi connectivity index (χ0n) is 13.1. The smallest absolute Gasteiger partial charge is 0.251 e. The molecule has 1 atom stereocenters. The first-order chi connectivity index (χ1) is 11.7. The normalized spacial score (nSPS) is 17.2. The molecule has 2 amide bonds. The average Bonchev–Trinajstić information content (AvgIpc) is 2.89. The molecule has 2 aromatic carbocycles. The number of imide groups is 1. The van der Waals surface area contributed by atoms with E-state index in [1.54, 1.807) is 30.3 Å². The van der Waals surface area contributed by atoms with E-state index in [0.29, 0.717) is 18.0 Å². The van der Waals surface area contributed by atoms with Crippen LogP contribution >= 0.6 is 0 Å². The first-order valence-electron chi connectivity index (χ1n) is 7.73. The molecule has 3 rings (SSSR count). The Kier molecular flexibility index (Phi) is 4.72. The molecule has 1 aliphatic rings. The number of hydrogen-bond donors (Lipinski definition) is 1. The Morgan fingerprint density at radius 2 is 1.75 bits per heavy atom. The molecule has 0 bridgehead atoms. The van der Waals surface area contributed by atoms with Crippen molar-refractivity contribution in [2.45, 2.75) is 12.5 Å². The summed E-state index contributed by atoms with van der Waals surface area (Å²) < 4.78 is 5.71. The fourth-order valence-electron chi connectivity index (χ4n) is 2.58. The Bertz CT molecular complexity index is 741. The van der Waals surface area contributed by atoms with Crippen LogP contribution in [-0.4, -0.2) is 24.4 Å². The highest BCUT2D eigenvalue weighted by Gasteiger charge is 2.38. The van der Waals surface area contributed by atoms with Crippen LogP contribution in [0.1, 0.15) is 6.42 Å². The molecule has 0 spiro atoms. The van der Waals surface area contributed by atoms with Crippen molar-refractivity contribution in [3.05, 3.63) is 67.3 Å². The summed E-state index contributed by atoms with van der Waals surface area (Å²) in [5.41, 5.74) is 0.549. The monoisotopic (exact) mass is 322 g/mol. The molecule has 2 aromatic rings. The van der Waals surface area contributed by atoms with Gasteiger partial charge in [0.05, 0.1) is 18.2 Å². The van der Waals surface area contributed by atoms with Crippen molar-refractivity contribution < 1.29 is 14.3 Å². The van der Waals surface area contributed by atoms with Crippen molar-refractivity contribution in [3.63, 3.8) is 0 Å². The van der Waals surface area contributed by atoms with Gasteiger partial charge in [-0.05, 0) is 36.4 Å². The molecule has 24 heavy (non-hydrogen) atoms. The van der Waals surface area contributed by atoms with Gasteiger partial charge in [0, 0.05) is 6.54 Å². The SMILES string of the molecule is C=CCN[C@@H]1CC(=O)N(c2ccc(Oc3ccccc3)cc2)C1=O. The molecule has 1 saturated heterocycles. The lowest BCUT2D eigenvalue weighted by Gasteiger charge is -2.16. The summed E-state index contributed by atoms with van der Waals surface area (Å²) in [6.45, 7) is 4.09. The summed E-state index contributed by atoms with van der Waals surface area (Å²) in [6, 6.07) is 15.8. The van der Waals surface area contributed by atoms with Crippen LogP contribution in [0.15, 0.2) is 67.3 Å². The largest absolute Gasteiger partial charge is 0.457 e. The predicted molar refractivity (Wildman–Crippen MR) is 92.1 cm³/mol. The molecule has 5 heteroatoms. The third-order valence-corrected chi connectivity index (χ3v) is 3.73. The first kappa shape index (κ1) is 16.0. The molecule has 0 radical (unpaired) electrons. The van der Waals surface area contributed by atoms with Gasteiger partial charge in [-0.25, -0.2) is 4.90 Å². The number of carbonyl (C=O) groups excluding carboxylic acids is 2. The van der Waals surface area contributed by atoms with E-state index in [1.165, 1.54) is 4.90 Å². The number of hydrogen-bond acceptors (Lipinski definition) is 4. The summed E-state index contributed by atoms with van der Waals surface area (Å²) in [5, 5.41) is 3.00. The van der Waals surface area contributed by atoms with Crippen LogP contribution in [0.5, 0.6) is 11.5 Å². The molecule has 1 heterocycles. The van der Waals surface area contributed by atoms with E-state index in [-0.39, 0.29) is 18.2 Å². The van der Waals surface area contributed by atoms with Gasteiger partial charge in [0.15, 0.2) is 0 Å². The van der Waals surface area contributed by atoms with E-state index >= 15 is 0 Å². The highest BCUT2D eigenvalue weighted by molar-refractivity contribution is 6.22. The maximum Gasteiger partial charge on any atom is 0.251 e. The van der Waals surface area contributed by atoms with Gasteiger partial charge in [-0.3, -0.25) is 9.59 Å². The van der Waals surface area contributed by atoms with Crippen molar-refractivity contribution in [2.75, 3.05) is 11.4 Å². The number of para-hydroxylation sites is 1. The number of nitrogens with one attached hydrogen (secondary N) is 1. The molecular formula is C19H18N2O3. The van der Waals surface area contributed by atoms with E-state index < -0.39 is 6.04 Å². The lowest BCUT2D eigenvalue weighted by atomic mass is 10.2. The molecule has 0 aromatic heterocycles. The second-order valence-electron chi connectivity index (χ2n) is 5.43. The number of anilines is 1. The van der Waals surface area contributed by atoms with Gasteiger partial charge in [-0.1, -0.05) is 24.3 Å². The van der Waals surface area contributed by atoms with Gasteiger partial charge >= 0.3 is 0 Å². The lowest BCUT2D eigenvalue weighted by molar-refractivity contribution is -0.121. The van der Waals surface area contributed by atoms with Gasteiger partial charge in [-0.15, -0.1) is 6.58 Å². The van der Waals surface area contributed by atoms with Crippen molar-refractivity contribution in [1.82, 2.24) is 5.32 Å². The molecular weight excluding hydrogens is 304 g/mol. The fraction of sp³-hybridized carbons (Fsp3) is 0.158. The predicted octanol–water partition coefficient (Wildman–Crippen LogP) is 2.89. The number of nitrogens with zero attached hydrogens (tertiary/aromatic N) is 1. The number of ether oxygens (including phenoxy) is 1. The van der Waals surface area contributed by atoms with Gasteiger partial charge in [-0.2, -0.15) is 0 Å². The van der Waals surface area contributed by atoms with E-state index in [9.17, 15) is 9.59 Å². The minimum absolute atomic E-state index is 0.162. The number of benzene rings is 2. The van der Waals surface area contributed by atoms with Crippen molar-refractivity contribution >= 4 is 17.5 Å². The van der Waals surface area contributed by atoms with E-state index in [4.69, 9.17) is 4.74 Å². The lowest BCUT2D eigenvalue weighted by Crippen LogP contribution is -2.38. The zero-order valence-corrected chi connectivity index (χ0v) is 13.1. The van der Waals surface area contributed by atoms with Gasteiger partial charge in [0.1, 0.15) is 11.5 Å².